The number of thioether (sulfide) groups is 1. The summed E-state index contributed by atoms with van der Waals surface area (Å²) < 4.78 is 27.0. The molecule has 5 nitrogen and oxygen atoms in total. The molecule has 140 valence electrons. The van der Waals surface area contributed by atoms with Crippen LogP contribution in [0.25, 0.3) is 11.1 Å². The fourth-order valence-electron chi connectivity index (χ4n) is 2.64. The lowest BCUT2D eigenvalue weighted by atomic mass is 10.0. The Labute approximate surface area is 166 Å². The lowest BCUT2D eigenvalue weighted by Crippen LogP contribution is -2.08. The number of sulfone groups is 1. The molecule has 2 aromatic carbocycles. The third-order valence-electron chi connectivity index (χ3n) is 3.99. The fourth-order valence-corrected chi connectivity index (χ4v) is 6.54. The summed E-state index contributed by atoms with van der Waals surface area (Å²) >= 11 is 2.52. The highest BCUT2D eigenvalue weighted by Gasteiger charge is 2.25. The van der Waals surface area contributed by atoms with Gasteiger partial charge in [0, 0.05) is 0 Å². The zero-order valence-corrected chi connectivity index (χ0v) is 16.9. The molecule has 0 aliphatic rings. The number of nitrogens with two attached hydrogens (primary N) is 1. The lowest BCUT2D eigenvalue weighted by molar-refractivity contribution is 0.282. The maximum atomic E-state index is 13.2. The predicted molar refractivity (Wildman–Crippen MR) is 110 cm³/mol. The Morgan fingerprint density at radius 3 is 2.44 bits per heavy atom. The van der Waals surface area contributed by atoms with Gasteiger partial charge in [0.1, 0.15) is 5.84 Å². The molecule has 3 aromatic rings. The number of aliphatic hydroxyl groups is 1. The van der Waals surface area contributed by atoms with Crippen LogP contribution in [-0.4, -0.2) is 25.6 Å². The van der Waals surface area contributed by atoms with Crippen LogP contribution in [0.4, 0.5) is 0 Å². The van der Waals surface area contributed by atoms with E-state index in [0.29, 0.717) is 9.09 Å². The van der Waals surface area contributed by atoms with Crippen LogP contribution in [0.2, 0.25) is 0 Å². The van der Waals surface area contributed by atoms with Gasteiger partial charge in [0.2, 0.25) is 9.84 Å². The van der Waals surface area contributed by atoms with Crippen molar-refractivity contribution in [2.45, 2.75) is 20.6 Å². The first-order valence-electron chi connectivity index (χ1n) is 7.94. The summed E-state index contributed by atoms with van der Waals surface area (Å²) in [5.41, 5.74) is 7.87. The lowest BCUT2D eigenvalue weighted by Gasteiger charge is -2.08. The largest absolute Gasteiger partial charge is 0.392 e. The highest BCUT2D eigenvalue weighted by molar-refractivity contribution is 8.01. The SMILES string of the molecule is CSc1sc(C(=N)N)cc1S(=O)(=O)c1cccc(-c2cccc(CO)c2)c1. The van der Waals surface area contributed by atoms with E-state index in [0.717, 1.165) is 16.7 Å². The van der Waals surface area contributed by atoms with Crippen molar-refractivity contribution >= 4 is 38.8 Å². The van der Waals surface area contributed by atoms with E-state index >= 15 is 0 Å². The quantitative estimate of drug-likeness (QED) is 0.321. The van der Waals surface area contributed by atoms with Crippen molar-refractivity contribution in [3.63, 3.8) is 0 Å². The Bertz CT molecular complexity index is 1100. The van der Waals surface area contributed by atoms with Gasteiger partial charge in [-0.25, -0.2) is 8.42 Å². The van der Waals surface area contributed by atoms with Gasteiger partial charge in [-0.2, -0.15) is 0 Å². The van der Waals surface area contributed by atoms with E-state index in [2.05, 4.69) is 0 Å². The summed E-state index contributed by atoms with van der Waals surface area (Å²) in [5.74, 6) is -0.147. The van der Waals surface area contributed by atoms with E-state index < -0.39 is 9.84 Å². The van der Waals surface area contributed by atoms with Crippen LogP contribution in [0, 0.1) is 5.41 Å². The molecule has 0 saturated carbocycles. The summed E-state index contributed by atoms with van der Waals surface area (Å²) in [5, 5.41) is 16.9. The molecule has 0 aliphatic carbocycles. The zero-order valence-electron chi connectivity index (χ0n) is 14.5. The molecule has 0 fully saturated rings. The number of aliphatic hydroxyl groups excluding tert-OH is 1. The second kappa shape index (κ2) is 7.85. The molecule has 1 aromatic heterocycles. The zero-order chi connectivity index (χ0) is 19.6. The van der Waals surface area contributed by atoms with Crippen LogP contribution in [0.1, 0.15) is 10.4 Å². The first-order chi connectivity index (χ1) is 12.9. The number of thiophene rings is 1. The summed E-state index contributed by atoms with van der Waals surface area (Å²) in [4.78, 5) is 0.786. The van der Waals surface area contributed by atoms with E-state index in [1.54, 1.807) is 24.5 Å². The molecule has 0 unspecified atom stereocenters. The van der Waals surface area contributed by atoms with Crippen LogP contribution in [0.3, 0.4) is 0 Å². The highest BCUT2D eigenvalue weighted by atomic mass is 32.2. The maximum absolute atomic E-state index is 13.2. The molecule has 0 atom stereocenters. The maximum Gasteiger partial charge on any atom is 0.208 e. The molecule has 1 heterocycles. The van der Waals surface area contributed by atoms with Crippen molar-refractivity contribution in [1.82, 2.24) is 0 Å². The average molecular weight is 419 g/mol. The van der Waals surface area contributed by atoms with Crippen LogP contribution in [0.15, 0.2) is 68.6 Å². The average Bonchev–Trinajstić information content (AvgIpc) is 3.14. The monoisotopic (exact) mass is 418 g/mol. The van der Waals surface area contributed by atoms with Gasteiger partial charge in [-0.3, -0.25) is 5.41 Å². The molecule has 27 heavy (non-hydrogen) atoms. The summed E-state index contributed by atoms with van der Waals surface area (Å²) in [6.45, 7) is -0.0777. The van der Waals surface area contributed by atoms with Crippen molar-refractivity contribution < 1.29 is 13.5 Å². The summed E-state index contributed by atoms with van der Waals surface area (Å²) in [6.07, 6.45) is 1.80. The fraction of sp³-hybridized carbons (Fsp3) is 0.105. The molecule has 3 rings (SSSR count). The van der Waals surface area contributed by atoms with E-state index in [-0.39, 0.29) is 22.2 Å². The number of nitrogen functional groups attached to an aromatic ring is 1. The Hall–Kier alpha value is -2.13. The van der Waals surface area contributed by atoms with Crippen molar-refractivity contribution in [2.75, 3.05) is 6.26 Å². The summed E-state index contributed by atoms with van der Waals surface area (Å²) in [6, 6.07) is 15.5. The van der Waals surface area contributed by atoms with Crippen molar-refractivity contribution in [1.29, 1.82) is 5.41 Å². The number of nitrogens with one attached hydrogen (secondary N) is 1. The van der Waals surface area contributed by atoms with Gasteiger partial charge in [-0.1, -0.05) is 30.3 Å². The van der Waals surface area contributed by atoms with E-state index in [4.69, 9.17) is 11.1 Å². The molecule has 0 bridgehead atoms. The van der Waals surface area contributed by atoms with E-state index in [9.17, 15) is 13.5 Å². The van der Waals surface area contributed by atoms with Gasteiger partial charge in [0.25, 0.3) is 0 Å². The normalized spacial score (nSPS) is 11.5. The highest BCUT2D eigenvalue weighted by Crippen LogP contribution is 2.37. The van der Waals surface area contributed by atoms with Crippen LogP contribution in [0.5, 0.6) is 0 Å². The molecular formula is C19H18N2O3S3. The number of amidine groups is 1. The Kier molecular flexibility index (Phi) is 5.71. The Morgan fingerprint density at radius 1 is 1.15 bits per heavy atom. The first-order valence-corrected chi connectivity index (χ1v) is 11.5. The van der Waals surface area contributed by atoms with Crippen molar-refractivity contribution in [3.8, 4) is 11.1 Å². The van der Waals surface area contributed by atoms with E-state index in [1.807, 2.05) is 30.3 Å². The van der Waals surface area contributed by atoms with Crippen LogP contribution in [-0.2, 0) is 16.4 Å². The third-order valence-corrected chi connectivity index (χ3v) is 8.33. The van der Waals surface area contributed by atoms with Gasteiger partial charge in [-0.05, 0) is 47.2 Å². The molecular weight excluding hydrogens is 400 g/mol. The molecule has 0 amide bonds. The number of rotatable bonds is 6. The first kappa shape index (κ1) is 19.6. The van der Waals surface area contributed by atoms with Gasteiger partial charge in [0.05, 0.1) is 25.5 Å². The van der Waals surface area contributed by atoms with Gasteiger partial charge in [-0.15, -0.1) is 23.1 Å². The number of hydrogen-bond donors (Lipinski definition) is 3. The van der Waals surface area contributed by atoms with Crippen LogP contribution < -0.4 is 5.73 Å². The smallest absolute Gasteiger partial charge is 0.208 e. The predicted octanol–water partition coefficient (Wildman–Crippen LogP) is 3.75. The topological polar surface area (TPSA) is 104 Å². The van der Waals surface area contributed by atoms with Crippen molar-refractivity contribution in [2.24, 2.45) is 5.73 Å². The molecule has 0 saturated heterocycles. The Balaban J connectivity index is 2.10. The van der Waals surface area contributed by atoms with Crippen LogP contribution >= 0.6 is 23.1 Å². The second-order valence-corrected chi connectivity index (χ2v) is 9.82. The third kappa shape index (κ3) is 3.93. The minimum atomic E-state index is -3.75. The molecule has 0 aliphatic heterocycles. The van der Waals surface area contributed by atoms with Gasteiger partial charge < -0.3 is 10.8 Å². The number of hydrogen-bond acceptors (Lipinski definition) is 6. The minimum Gasteiger partial charge on any atom is -0.392 e. The minimum absolute atomic E-state index is 0.0777. The second-order valence-electron chi connectivity index (χ2n) is 5.77. The molecule has 4 N–H and O–H groups in total. The van der Waals surface area contributed by atoms with E-state index in [1.165, 1.54) is 29.2 Å². The van der Waals surface area contributed by atoms with Gasteiger partial charge in [0.15, 0.2) is 0 Å². The number of benzene rings is 2. The molecule has 8 heteroatoms. The summed E-state index contributed by atoms with van der Waals surface area (Å²) in [7, 11) is -3.75. The van der Waals surface area contributed by atoms with Crippen molar-refractivity contribution in [3.05, 3.63) is 65.0 Å². The van der Waals surface area contributed by atoms with Gasteiger partial charge >= 0.3 is 0 Å². The standard InChI is InChI=1S/C19H18N2O3S3/c1-25-19-17(10-16(26-19)18(20)21)27(23,24)15-7-3-6-14(9-15)13-5-2-4-12(8-13)11-22/h2-10,22H,11H2,1H3,(H3,20,21). The molecule has 0 radical (unpaired) electrons. The molecule has 0 spiro atoms. The Morgan fingerprint density at radius 2 is 1.81 bits per heavy atom.